The quantitative estimate of drug-likeness (QED) is 0.535. The minimum absolute atomic E-state index is 0.0534. The van der Waals surface area contributed by atoms with E-state index in [9.17, 15) is 20.0 Å². The van der Waals surface area contributed by atoms with Gasteiger partial charge in [-0.25, -0.2) is 0 Å². The molecule has 2 aromatic carbocycles. The molecule has 0 atom stereocenters. The number of aliphatic carboxylic acids is 1. The van der Waals surface area contributed by atoms with Crippen molar-refractivity contribution in [3.8, 4) is 6.07 Å². The van der Waals surface area contributed by atoms with Gasteiger partial charge in [0.15, 0.2) is 0 Å². The Morgan fingerprint density at radius 1 is 1.11 bits per heavy atom. The lowest BCUT2D eigenvalue weighted by Gasteiger charge is -2.05. The zero-order valence-corrected chi connectivity index (χ0v) is 14.4. The Labute approximate surface area is 156 Å². The molecule has 0 saturated heterocycles. The van der Waals surface area contributed by atoms with Gasteiger partial charge in [-0.2, -0.15) is 5.26 Å². The van der Waals surface area contributed by atoms with Crippen molar-refractivity contribution in [2.45, 2.75) is 13.1 Å². The van der Waals surface area contributed by atoms with E-state index in [0.29, 0.717) is 17.6 Å². The maximum atomic E-state index is 12.4. The molecule has 1 N–H and O–H groups in total. The number of nitriles is 1. The highest BCUT2D eigenvalue weighted by Gasteiger charge is 2.12. The number of carbonyl (C=O) groups excluding carboxylic acids is 2. The SMILES string of the molecule is N#C/C(=C\c1cn(CC(=O)[O-])c2ccccc12)C(=O)NCc1ccccc1. The van der Waals surface area contributed by atoms with Crippen molar-refractivity contribution < 1.29 is 14.7 Å². The van der Waals surface area contributed by atoms with Crippen molar-refractivity contribution in [2.24, 2.45) is 0 Å². The van der Waals surface area contributed by atoms with Gasteiger partial charge >= 0.3 is 0 Å². The standard InChI is InChI=1S/C21H17N3O3/c22-11-16(21(27)23-12-15-6-2-1-3-7-15)10-17-13-24(14-20(25)26)19-9-5-4-8-18(17)19/h1-10,13H,12,14H2,(H,23,27)(H,25,26)/p-1/b16-10+. The molecule has 1 aromatic heterocycles. The summed E-state index contributed by atoms with van der Waals surface area (Å²) >= 11 is 0. The van der Waals surface area contributed by atoms with Gasteiger partial charge in [0.05, 0.1) is 12.5 Å². The molecule has 0 spiro atoms. The van der Waals surface area contributed by atoms with Crippen LogP contribution in [0.3, 0.4) is 0 Å². The number of amides is 1. The predicted octanol–water partition coefficient (Wildman–Crippen LogP) is 1.61. The lowest BCUT2D eigenvalue weighted by atomic mass is 10.1. The largest absolute Gasteiger partial charge is 0.548 e. The van der Waals surface area contributed by atoms with Crippen LogP contribution in [0.5, 0.6) is 0 Å². The first kappa shape index (κ1) is 18.0. The van der Waals surface area contributed by atoms with E-state index in [1.54, 1.807) is 18.3 Å². The molecule has 0 saturated carbocycles. The predicted molar refractivity (Wildman–Crippen MR) is 98.8 cm³/mol. The van der Waals surface area contributed by atoms with Gasteiger partial charge in [0, 0.05) is 29.2 Å². The fourth-order valence-corrected chi connectivity index (χ4v) is 2.84. The molecule has 0 aliphatic rings. The first-order valence-electron chi connectivity index (χ1n) is 8.30. The summed E-state index contributed by atoms with van der Waals surface area (Å²) in [5.41, 5.74) is 2.16. The van der Waals surface area contributed by atoms with Gasteiger partial charge in [-0.1, -0.05) is 48.5 Å². The second kappa shape index (κ2) is 8.02. The Balaban J connectivity index is 1.88. The average Bonchev–Trinajstić information content (AvgIpc) is 3.02. The summed E-state index contributed by atoms with van der Waals surface area (Å²) in [6.45, 7) is 0.00157. The molecule has 6 heteroatoms. The Kier molecular flexibility index (Phi) is 5.33. The van der Waals surface area contributed by atoms with Gasteiger partial charge in [0.2, 0.25) is 0 Å². The summed E-state index contributed by atoms with van der Waals surface area (Å²) < 4.78 is 1.52. The average molecular weight is 358 g/mol. The normalized spacial score (nSPS) is 11.1. The number of benzene rings is 2. The summed E-state index contributed by atoms with van der Waals surface area (Å²) in [5.74, 6) is -1.70. The van der Waals surface area contributed by atoms with E-state index in [1.165, 1.54) is 10.6 Å². The van der Waals surface area contributed by atoms with Crippen LogP contribution in [0.4, 0.5) is 0 Å². The third-order valence-corrected chi connectivity index (χ3v) is 4.08. The molecule has 0 bridgehead atoms. The number of nitrogens with zero attached hydrogens (tertiary/aromatic N) is 2. The molecule has 0 unspecified atom stereocenters. The fourth-order valence-electron chi connectivity index (χ4n) is 2.84. The molecule has 0 aliphatic heterocycles. The zero-order chi connectivity index (χ0) is 19.2. The Morgan fingerprint density at radius 3 is 2.52 bits per heavy atom. The van der Waals surface area contributed by atoms with Crippen LogP contribution in [-0.2, 0) is 22.7 Å². The minimum atomic E-state index is -1.22. The van der Waals surface area contributed by atoms with E-state index in [1.807, 2.05) is 48.5 Å². The van der Waals surface area contributed by atoms with Crippen molar-refractivity contribution >= 4 is 28.9 Å². The molecular formula is C21H16N3O3-. The summed E-state index contributed by atoms with van der Waals surface area (Å²) in [6.07, 6.45) is 3.07. The number of carboxylic acids is 1. The molecule has 1 amide bonds. The van der Waals surface area contributed by atoms with Crippen LogP contribution in [0.1, 0.15) is 11.1 Å². The second-order valence-electron chi connectivity index (χ2n) is 5.94. The number of carbonyl (C=O) groups is 2. The van der Waals surface area contributed by atoms with Gasteiger partial charge in [0.1, 0.15) is 11.6 Å². The minimum Gasteiger partial charge on any atom is -0.548 e. The maximum Gasteiger partial charge on any atom is 0.262 e. The highest BCUT2D eigenvalue weighted by atomic mass is 16.4. The van der Waals surface area contributed by atoms with E-state index in [-0.39, 0.29) is 12.1 Å². The van der Waals surface area contributed by atoms with Crippen LogP contribution in [0, 0.1) is 11.3 Å². The first-order valence-corrected chi connectivity index (χ1v) is 8.30. The van der Waals surface area contributed by atoms with Crippen LogP contribution in [0.2, 0.25) is 0 Å². The molecule has 6 nitrogen and oxygen atoms in total. The number of carboxylic acid groups (broad SMARTS) is 1. The molecule has 1 heterocycles. The van der Waals surface area contributed by atoms with Crippen LogP contribution < -0.4 is 10.4 Å². The molecule has 0 radical (unpaired) electrons. The van der Waals surface area contributed by atoms with Crippen molar-refractivity contribution in [3.05, 3.63) is 77.5 Å². The van der Waals surface area contributed by atoms with E-state index >= 15 is 0 Å². The van der Waals surface area contributed by atoms with Crippen molar-refractivity contribution in [3.63, 3.8) is 0 Å². The molecule has 0 aliphatic carbocycles. The summed E-state index contributed by atoms with van der Waals surface area (Å²) in [6, 6.07) is 18.5. The Hall–Kier alpha value is -3.85. The highest BCUT2D eigenvalue weighted by Crippen LogP contribution is 2.23. The number of aromatic nitrogens is 1. The fraction of sp³-hybridized carbons (Fsp3) is 0.0952. The lowest BCUT2D eigenvalue weighted by molar-refractivity contribution is -0.306. The Morgan fingerprint density at radius 2 is 1.81 bits per heavy atom. The first-order chi connectivity index (χ1) is 13.1. The molecular weight excluding hydrogens is 342 g/mol. The summed E-state index contributed by atoms with van der Waals surface area (Å²) in [4.78, 5) is 23.3. The highest BCUT2D eigenvalue weighted by molar-refractivity contribution is 6.04. The second-order valence-corrected chi connectivity index (χ2v) is 5.94. The molecule has 134 valence electrons. The van der Waals surface area contributed by atoms with Gasteiger partial charge < -0.3 is 19.8 Å². The molecule has 0 fully saturated rings. The van der Waals surface area contributed by atoms with E-state index in [0.717, 1.165) is 10.9 Å². The third kappa shape index (κ3) is 4.22. The maximum absolute atomic E-state index is 12.4. The van der Waals surface area contributed by atoms with Crippen molar-refractivity contribution in [1.82, 2.24) is 9.88 Å². The van der Waals surface area contributed by atoms with Crippen molar-refractivity contribution in [1.29, 1.82) is 5.26 Å². The molecule has 27 heavy (non-hydrogen) atoms. The number of fused-ring (bicyclic) bond motifs is 1. The monoisotopic (exact) mass is 358 g/mol. The van der Waals surface area contributed by atoms with Gasteiger partial charge in [-0.05, 0) is 17.7 Å². The summed E-state index contributed by atoms with van der Waals surface area (Å²) in [7, 11) is 0. The van der Waals surface area contributed by atoms with E-state index < -0.39 is 11.9 Å². The third-order valence-electron chi connectivity index (χ3n) is 4.08. The topological polar surface area (TPSA) is 97.9 Å². The smallest absolute Gasteiger partial charge is 0.262 e. The zero-order valence-electron chi connectivity index (χ0n) is 14.4. The van der Waals surface area contributed by atoms with Crippen LogP contribution >= 0.6 is 0 Å². The van der Waals surface area contributed by atoms with Gasteiger partial charge in [-0.15, -0.1) is 0 Å². The van der Waals surface area contributed by atoms with Gasteiger partial charge in [-0.3, -0.25) is 4.79 Å². The van der Waals surface area contributed by atoms with Crippen LogP contribution in [0.15, 0.2) is 66.4 Å². The number of nitrogens with one attached hydrogen (secondary N) is 1. The van der Waals surface area contributed by atoms with Crippen molar-refractivity contribution in [2.75, 3.05) is 0 Å². The molecule has 3 aromatic rings. The number of hydrogen-bond acceptors (Lipinski definition) is 4. The van der Waals surface area contributed by atoms with Crippen LogP contribution in [-0.4, -0.2) is 16.4 Å². The lowest BCUT2D eigenvalue weighted by Crippen LogP contribution is -2.27. The van der Waals surface area contributed by atoms with Crippen LogP contribution in [0.25, 0.3) is 17.0 Å². The Bertz CT molecular complexity index is 1060. The number of rotatable bonds is 6. The molecule has 3 rings (SSSR count). The number of hydrogen-bond donors (Lipinski definition) is 1. The van der Waals surface area contributed by atoms with Gasteiger partial charge in [0.25, 0.3) is 5.91 Å². The van der Waals surface area contributed by atoms with E-state index in [4.69, 9.17) is 0 Å². The summed E-state index contributed by atoms with van der Waals surface area (Å²) in [5, 5.41) is 23.8. The number of para-hydroxylation sites is 1. The van der Waals surface area contributed by atoms with E-state index in [2.05, 4.69) is 5.32 Å².